The molecule has 1 aliphatic rings. The van der Waals surface area contributed by atoms with Crippen LogP contribution in [-0.4, -0.2) is 38.2 Å². The highest BCUT2D eigenvalue weighted by Crippen LogP contribution is 2.27. The van der Waals surface area contributed by atoms with Gasteiger partial charge in [0.1, 0.15) is 23.5 Å². The number of nitrogens with one attached hydrogen (secondary N) is 1. The van der Waals surface area contributed by atoms with Crippen molar-refractivity contribution >= 4 is 28.4 Å². The van der Waals surface area contributed by atoms with E-state index < -0.39 is 11.9 Å². The van der Waals surface area contributed by atoms with Gasteiger partial charge in [0.25, 0.3) is 0 Å². The van der Waals surface area contributed by atoms with Crippen LogP contribution in [0.25, 0.3) is 11.0 Å². The van der Waals surface area contributed by atoms with Crippen LogP contribution >= 0.6 is 0 Å². The second kappa shape index (κ2) is 6.36. The number of hydrogen-bond acceptors (Lipinski definition) is 5. The van der Waals surface area contributed by atoms with Gasteiger partial charge >= 0.3 is 0 Å². The number of carbonyl (C=O) groups excluding carboxylic acids is 1. The monoisotopic (exact) mass is 354 g/mol. The van der Waals surface area contributed by atoms with Gasteiger partial charge in [-0.2, -0.15) is 5.10 Å². The van der Waals surface area contributed by atoms with E-state index in [1.54, 1.807) is 36.0 Å². The number of nitrogens with zero attached hydrogens (tertiary/aromatic N) is 5. The molecule has 3 aromatic rings. The van der Waals surface area contributed by atoms with E-state index in [1.807, 2.05) is 7.05 Å². The Hall–Kier alpha value is -3.03. The molecule has 134 valence electrons. The van der Waals surface area contributed by atoms with Gasteiger partial charge in [-0.15, -0.1) is 0 Å². The van der Waals surface area contributed by atoms with Crippen molar-refractivity contribution < 1.29 is 9.18 Å². The third-order valence-corrected chi connectivity index (χ3v) is 4.60. The number of piperidine rings is 1. The maximum absolute atomic E-state index is 14.1. The zero-order chi connectivity index (χ0) is 18.3. The molecule has 1 atom stereocenters. The van der Waals surface area contributed by atoms with Crippen molar-refractivity contribution in [3.05, 3.63) is 42.1 Å². The minimum absolute atomic E-state index is 0.158. The average molecular weight is 354 g/mol. The molecule has 1 N–H and O–H groups in total. The van der Waals surface area contributed by atoms with Crippen LogP contribution < -0.4 is 10.2 Å². The second-order valence-electron chi connectivity index (χ2n) is 6.41. The molecule has 1 saturated heterocycles. The highest BCUT2D eigenvalue weighted by Gasteiger charge is 2.31. The number of rotatable bonds is 3. The first-order chi connectivity index (χ1) is 12.5. The van der Waals surface area contributed by atoms with Crippen molar-refractivity contribution in [2.45, 2.75) is 25.8 Å². The van der Waals surface area contributed by atoms with Gasteiger partial charge in [0.05, 0.1) is 17.3 Å². The summed E-state index contributed by atoms with van der Waals surface area (Å²) >= 11 is 0. The largest absolute Gasteiger partial charge is 0.358 e. The first-order valence-electron chi connectivity index (χ1n) is 8.53. The standard InChI is InChI=1S/C18H19FN6O/c1-11-21-16(12-10-20-24(2)17(12)22-11)23-14-7-5-9-25(18(14)26)15-8-4-3-6-13(15)19/h3-4,6,8,10,14H,5,7,9H2,1-2H3,(H,21,22,23)/t14-/m0/s1. The summed E-state index contributed by atoms with van der Waals surface area (Å²) in [7, 11) is 1.81. The molecule has 1 amide bonds. The van der Waals surface area contributed by atoms with Crippen molar-refractivity contribution in [1.29, 1.82) is 0 Å². The highest BCUT2D eigenvalue weighted by atomic mass is 19.1. The van der Waals surface area contributed by atoms with Crippen LogP contribution in [0.4, 0.5) is 15.9 Å². The minimum Gasteiger partial charge on any atom is -0.358 e. The fraction of sp³-hybridized carbons (Fsp3) is 0.333. The van der Waals surface area contributed by atoms with Gasteiger partial charge in [-0.25, -0.2) is 14.4 Å². The molecular weight excluding hydrogens is 335 g/mol. The molecule has 8 heteroatoms. The number of amides is 1. The minimum atomic E-state index is -0.471. The Kier molecular flexibility index (Phi) is 4.02. The molecule has 0 spiro atoms. The maximum atomic E-state index is 14.1. The molecule has 26 heavy (non-hydrogen) atoms. The van der Waals surface area contributed by atoms with E-state index in [9.17, 15) is 9.18 Å². The van der Waals surface area contributed by atoms with E-state index in [0.29, 0.717) is 35.9 Å². The molecule has 0 unspecified atom stereocenters. The predicted octanol–water partition coefficient (Wildman–Crippen LogP) is 2.42. The Morgan fingerprint density at radius 2 is 2.08 bits per heavy atom. The van der Waals surface area contributed by atoms with Gasteiger partial charge in [-0.05, 0) is 31.9 Å². The van der Waals surface area contributed by atoms with Crippen LogP contribution in [0.1, 0.15) is 18.7 Å². The predicted molar refractivity (Wildman–Crippen MR) is 96.4 cm³/mol. The lowest BCUT2D eigenvalue weighted by Crippen LogP contribution is -2.48. The molecule has 2 aromatic heterocycles. The van der Waals surface area contributed by atoms with Crippen molar-refractivity contribution in [3.8, 4) is 0 Å². The van der Waals surface area contributed by atoms with E-state index >= 15 is 0 Å². The first kappa shape index (κ1) is 16.4. The Labute approximate surface area is 149 Å². The Bertz CT molecular complexity index is 985. The molecule has 1 aliphatic heterocycles. The summed E-state index contributed by atoms with van der Waals surface area (Å²) in [5.41, 5.74) is 1.02. The number of benzene rings is 1. The van der Waals surface area contributed by atoms with Crippen LogP contribution in [0, 0.1) is 12.7 Å². The first-order valence-corrected chi connectivity index (χ1v) is 8.53. The highest BCUT2D eigenvalue weighted by molar-refractivity contribution is 6.00. The molecule has 0 bridgehead atoms. The molecular formula is C18H19FN6O. The van der Waals surface area contributed by atoms with Crippen LogP contribution in [0.2, 0.25) is 0 Å². The fourth-order valence-corrected chi connectivity index (χ4v) is 3.33. The summed E-state index contributed by atoms with van der Waals surface area (Å²) in [5.74, 6) is 0.621. The van der Waals surface area contributed by atoms with Crippen LogP contribution in [0.5, 0.6) is 0 Å². The lowest BCUT2D eigenvalue weighted by atomic mass is 10.0. The summed E-state index contributed by atoms with van der Waals surface area (Å²) in [6.07, 6.45) is 3.12. The van der Waals surface area contributed by atoms with Crippen molar-refractivity contribution in [2.75, 3.05) is 16.8 Å². The second-order valence-corrected chi connectivity index (χ2v) is 6.41. The van der Waals surface area contributed by atoms with Crippen molar-refractivity contribution in [2.24, 2.45) is 7.05 Å². The van der Waals surface area contributed by atoms with Gasteiger partial charge in [0, 0.05) is 13.6 Å². The Morgan fingerprint density at radius 1 is 1.27 bits per heavy atom. The summed E-state index contributed by atoms with van der Waals surface area (Å²) in [6.45, 7) is 2.30. The molecule has 7 nitrogen and oxygen atoms in total. The van der Waals surface area contributed by atoms with Gasteiger partial charge in [0.2, 0.25) is 5.91 Å². The number of hydrogen-bond donors (Lipinski definition) is 1. The van der Waals surface area contributed by atoms with Gasteiger partial charge < -0.3 is 10.2 Å². The molecule has 0 aliphatic carbocycles. The zero-order valence-electron chi connectivity index (χ0n) is 14.6. The number of halogens is 1. The number of anilines is 2. The van der Waals surface area contributed by atoms with E-state index in [0.717, 1.165) is 11.8 Å². The van der Waals surface area contributed by atoms with Crippen LogP contribution in [0.15, 0.2) is 30.5 Å². The number of carbonyl (C=O) groups is 1. The van der Waals surface area contributed by atoms with Gasteiger partial charge in [0.15, 0.2) is 5.65 Å². The van der Waals surface area contributed by atoms with Gasteiger partial charge in [-0.1, -0.05) is 12.1 Å². The molecule has 0 saturated carbocycles. The van der Waals surface area contributed by atoms with E-state index in [1.165, 1.54) is 11.0 Å². The van der Waals surface area contributed by atoms with Crippen molar-refractivity contribution in [3.63, 3.8) is 0 Å². The summed E-state index contributed by atoms with van der Waals surface area (Å²) in [6, 6.07) is 5.87. The Morgan fingerprint density at radius 3 is 2.88 bits per heavy atom. The fourth-order valence-electron chi connectivity index (χ4n) is 3.33. The normalized spacial score (nSPS) is 17.7. The lowest BCUT2D eigenvalue weighted by Gasteiger charge is -2.33. The molecule has 4 rings (SSSR count). The maximum Gasteiger partial charge on any atom is 0.249 e. The van der Waals surface area contributed by atoms with Crippen LogP contribution in [-0.2, 0) is 11.8 Å². The van der Waals surface area contributed by atoms with E-state index in [4.69, 9.17) is 0 Å². The third-order valence-electron chi connectivity index (χ3n) is 4.60. The molecule has 0 radical (unpaired) electrons. The van der Waals surface area contributed by atoms with E-state index in [-0.39, 0.29) is 5.91 Å². The average Bonchev–Trinajstić information content (AvgIpc) is 2.99. The summed E-state index contributed by atoms with van der Waals surface area (Å²) in [4.78, 5) is 23.3. The number of aromatic nitrogens is 4. The molecule has 1 fully saturated rings. The molecule has 3 heterocycles. The zero-order valence-corrected chi connectivity index (χ0v) is 14.6. The summed E-state index contributed by atoms with van der Waals surface area (Å²) in [5, 5.41) is 8.20. The van der Waals surface area contributed by atoms with E-state index in [2.05, 4.69) is 20.4 Å². The lowest BCUT2D eigenvalue weighted by molar-refractivity contribution is -0.120. The number of fused-ring (bicyclic) bond motifs is 1. The summed E-state index contributed by atoms with van der Waals surface area (Å²) < 4.78 is 15.8. The quantitative estimate of drug-likeness (QED) is 0.782. The van der Waals surface area contributed by atoms with Crippen LogP contribution in [0.3, 0.4) is 0 Å². The van der Waals surface area contributed by atoms with Crippen molar-refractivity contribution in [1.82, 2.24) is 19.7 Å². The Balaban J connectivity index is 1.65. The topological polar surface area (TPSA) is 75.9 Å². The SMILES string of the molecule is Cc1nc(N[C@H]2CCCN(c3ccccc3F)C2=O)c2cnn(C)c2n1. The smallest absolute Gasteiger partial charge is 0.249 e. The number of aryl methyl sites for hydroxylation is 2. The third kappa shape index (κ3) is 2.77. The van der Waals surface area contributed by atoms with Gasteiger partial charge in [-0.3, -0.25) is 9.48 Å². The number of para-hydroxylation sites is 1. The molecule has 1 aromatic carbocycles.